The number of rotatable bonds is 5. The standard InChI is InChI=1S/C15H12INO4S/c1-9(18)12-5-6-13(22-12)15(20)21-8-14(19)17-11-4-2-3-10(16)7-11/h2-7H,8H2,1H3,(H,17,19). The SMILES string of the molecule is CC(=O)c1ccc(C(=O)OCC(=O)Nc2cccc(I)c2)s1. The second-order valence-corrected chi connectivity index (χ2v) is 6.68. The van der Waals surface area contributed by atoms with E-state index in [0.717, 1.165) is 14.9 Å². The van der Waals surface area contributed by atoms with Crippen molar-refractivity contribution in [2.24, 2.45) is 0 Å². The number of carbonyl (C=O) groups is 3. The predicted octanol–water partition coefficient (Wildman–Crippen LogP) is 3.35. The van der Waals surface area contributed by atoms with Gasteiger partial charge in [-0.05, 0) is 59.8 Å². The number of benzene rings is 1. The Hall–Kier alpha value is -1.74. The number of ketones is 1. The van der Waals surface area contributed by atoms with Crippen molar-refractivity contribution >= 4 is 57.3 Å². The Bertz CT molecular complexity index is 726. The smallest absolute Gasteiger partial charge is 0.348 e. The van der Waals surface area contributed by atoms with Crippen molar-refractivity contribution in [2.75, 3.05) is 11.9 Å². The van der Waals surface area contributed by atoms with Crippen molar-refractivity contribution in [1.29, 1.82) is 0 Å². The molecule has 5 nitrogen and oxygen atoms in total. The molecular formula is C15H12INO4S. The first-order valence-corrected chi connectivity index (χ1v) is 8.18. The van der Waals surface area contributed by atoms with Crippen LogP contribution in [0, 0.1) is 3.57 Å². The van der Waals surface area contributed by atoms with Gasteiger partial charge < -0.3 is 10.1 Å². The Labute approximate surface area is 144 Å². The average molecular weight is 429 g/mol. The summed E-state index contributed by atoms with van der Waals surface area (Å²) in [5.74, 6) is -1.14. The molecule has 0 saturated heterocycles. The first kappa shape index (κ1) is 16.6. The maximum atomic E-state index is 11.8. The van der Waals surface area contributed by atoms with E-state index in [9.17, 15) is 14.4 Å². The molecule has 2 rings (SSSR count). The van der Waals surface area contributed by atoms with Crippen LogP contribution in [0.15, 0.2) is 36.4 Å². The highest BCUT2D eigenvalue weighted by Gasteiger charge is 2.14. The molecular weight excluding hydrogens is 417 g/mol. The lowest BCUT2D eigenvalue weighted by molar-refractivity contribution is -0.119. The van der Waals surface area contributed by atoms with Gasteiger partial charge in [-0.1, -0.05) is 6.07 Å². The lowest BCUT2D eigenvalue weighted by Gasteiger charge is -2.06. The van der Waals surface area contributed by atoms with E-state index in [1.54, 1.807) is 18.2 Å². The van der Waals surface area contributed by atoms with Crippen LogP contribution in [0.4, 0.5) is 5.69 Å². The number of nitrogens with one attached hydrogen (secondary N) is 1. The van der Waals surface area contributed by atoms with Gasteiger partial charge in [0.05, 0.1) is 4.88 Å². The van der Waals surface area contributed by atoms with Gasteiger partial charge in [-0.2, -0.15) is 0 Å². The number of anilines is 1. The molecule has 0 atom stereocenters. The summed E-state index contributed by atoms with van der Waals surface area (Å²) in [7, 11) is 0. The van der Waals surface area contributed by atoms with Crippen LogP contribution in [0.2, 0.25) is 0 Å². The molecule has 1 amide bonds. The van der Waals surface area contributed by atoms with Gasteiger partial charge in [0.2, 0.25) is 0 Å². The number of carbonyl (C=O) groups excluding carboxylic acids is 3. The molecule has 0 spiro atoms. The highest BCUT2D eigenvalue weighted by molar-refractivity contribution is 14.1. The van der Waals surface area contributed by atoms with Crippen molar-refractivity contribution in [3.63, 3.8) is 0 Å². The summed E-state index contributed by atoms with van der Waals surface area (Å²) in [6, 6.07) is 10.4. The molecule has 1 heterocycles. The highest BCUT2D eigenvalue weighted by Crippen LogP contribution is 2.18. The minimum Gasteiger partial charge on any atom is -0.451 e. The van der Waals surface area contributed by atoms with E-state index < -0.39 is 11.9 Å². The molecule has 0 aliphatic carbocycles. The van der Waals surface area contributed by atoms with Crippen LogP contribution in [0.3, 0.4) is 0 Å². The summed E-state index contributed by atoms with van der Waals surface area (Å²) in [4.78, 5) is 35.5. The number of halogens is 1. The first-order valence-electron chi connectivity index (χ1n) is 6.29. The van der Waals surface area contributed by atoms with E-state index in [0.29, 0.717) is 15.4 Å². The van der Waals surface area contributed by atoms with Gasteiger partial charge in [0.25, 0.3) is 5.91 Å². The normalized spacial score (nSPS) is 10.1. The van der Waals surface area contributed by atoms with Gasteiger partial charge >= 0.3 is 5.97 Å². The summed E-state index contributed by atoms with van der Waals surface area (Å²) in [5.41, 5.74) is 0.642. The van der Waals surface area contributed by atoms with Crippen LogP contribution in [0.1, 0.15) is 26.3 Å². The number of thiophene rings is 1. The van der Waals surface area contributed by atoms with Crippen molar-refractivity contribution in [2.45, 2.75) is 6.92 Å². The second kappa shape index (κ2) is 7.50. The number of Topliss-reactive ketones (excluding diaryl/α,β-unsaturated/α-hetero) is 1. The quantitative estimate of drug-likeness (QED) is 0.450. The molecule has 0 bridgehead atoms. The van der Waals surface area contributed by atoms with Crippen molar-refractivity contribution in [3.8, 4) is 0 Å². The number of esters is 1. The Morgan fingerprint density at radius 3 is 2.55 bits per heavy atom. The zero-order valence-corrected chi connectivity index (χ0v) is 14.6. The minimum atomic E-state index is -0.615. The van der Waals surface area contributed by atoms with Crippen LogP contribution in [-0.2, 0) is 9.53 Å². The highest BCUT2D eigenvalue weighted by atomic mass is 127. The molecule has 1 aromatic heterocycles. The molecule has 0 aliphatic rings. The van der Waals surface area contributed by atoms with Crippen molar-refractivity contribution in [3.05, 3.63) is 49.7 Å². The Balaban J connectivity index is 1.87. The lowest BCUT2D eigenvalue weighted by atomic mass is 10.3. The zero-order chi connectivity index (χ0) is 16.1. The first-order chi connectivity index (χ1) is 10.5. The van der Waals surface area contributed by atoms with Gasteiger partial charge in [0.15, 0.2) is 12.4 Å². The van der Waals surface area contributed by atoms with Crippen LogP contribution >= 0.6 is 33.9 Å². The molecule has 0 saturated carbocycles. The van der Waals surface area contributed by atoms with E-state index in [1.807, 2.05) is 12.1 Å². The minimum absolute atomic E-state index is 0.111. The van der Waals surface area contributed by atoms with Gasteiger partial charge in [0.1, 0.15) is 4.88 Å². The predicted molar refractivity (Wildman–Crippen MR) is 92.4 cm³/mol. The third-order valence-corrected chi connectivity index (χ3v) is 4.43. The topological polar surface area (TPSA) is 72.5 Å². The Morgan fingerprint density at radius 1 is 1.18 bits per heavy atom. The van der Waals surface area contributed by atoms with Gasteiger partial charge in [-0.15, -0.1) is 11.3 Å². The van der Waals surface area contributed by atoms with Crippen molar-refractivity contribution in [1.82, 2.24) is 0 Å². The number of ether oxygens (including phenoxy) is 1. The van der Waals surface area contributed by atoms with E-state index in [2.05, 4.69) is 27.9 Å². The van der Waals surface area contributed by atoms with E-state index >= 15 is 0 Å². The van der Waals surface area contributed by atoms with Gasteiger partial charge in [-0.3, -0.25) is 9.59 Å². The fourth-order valence-electron chi connectivity index (χ4n) is 1.60. The maximum absolute atomic E-state index is 11.8. The molecule has 22 heavy (non-hydrogen) atoms. The summed E-state index contributed by atoms with van der Waals surface area (Å²) in [6.45, 7) is 1.05. The van der Waals surface area contributed by atoms with E-state index in [-0.39, 0.29) is 12.4 Å². The van der Waals surface area contributed by atoms with Gasteiger partial charge in [0, 0.05) is 9.26 Å². The maximum Gasteiger partial charge on any atom is 0.348 e. The van der Waals surface area contributed by atoms with Crippen LogP contribution in [0.25, 0.3) is 0 Å². The second-order valence-electron chi connectivity index (χ2n) is 4.35. The fraction of sp³-hybridized carbons (Fsp3) is 0.133. The van der Waals surface area contributed by atoms with Crippen LogP contribution in [0.5, 0.6) is 0 Å². The molecule has 0 unspecified atom stereocenters. The summed E-state index contributed by atoms with van der Waals surface area (Å²) >= 11 is 3.19. The molecule has 2 aromatic rings. The molecule has 0 aliphatic heterocycles. The largest absolute Gasteiger partial charge is 0.451 e. The van der Waals surface area contributed by atoms with E-state index in [1.165, 1.54) is 13.0 Å². The molecule has 1 aromatic carbocycles. The zero-order valence-electron chi connectivity index (χ0n) is 11.6. The fourth-order valence-corrected chi connectivity index (χ4v) is 2.94. The molecule has 0 radical (unpaired) electrons. The van der Waals surface area contributed by atoms with Crippen molar-refractivity contribution < 1.29 is 19.1 Å². The molecule has 1 N–H and O–H groups in total. The van der Waals surface area contributed by atoms with E-state index in [4.69, 9.17) is 4.74 Å². The summed E-state index contributed by atoms with van der Waals surface area (Å²) < 4.78 is 5.92. The van der Waals surface area contributed by atoms with Crippen LogP contribution < -0.4 is 5.32 Å². The van der Waals surface area contributed by atoms with Crippen LogP contribution in [-0.4, -0.2) is 24.3 Å². The van der Waals surface area contributed by atoms with Gasteiger partial charge in [-0.25, -0.2) is 4.79 Å². The number of hydrogen-bond donors (Lipinski definition) is 1. The molecule has 0 fully saturated rings. The monoisotopic (exact) mass is 429 g/mol. The third-order valence-electron chi connectivity index (χ3n) is 2.60. The third kappa shape index (κ3) is 4.63. The Morgan fingerprint density at radius 2 is 1.91 bits per heavy atom. The number of hydrogen-bond acceptors (Lipinski definition) is 5. The summed E-state index contributed by atoms with van der Waals surface area (Å²) in [5, 5.41) is 2.64. The average Bonchev–Trinajstić information content (AvgIpc) is 2.95. The Kier molecular flexibility index (Phi) is 5.67. The number of amides is 1. The lowest BCUT2D eigenvalue weighted by Crippen LogP contribution is -2.20. The molecule has 7 heteroatoms. The molecule has 114 valence electrons. The summed E-state index contributed by atoms with van der Waals surface area (Å²) in [6.07, 6.45) is 0.